The second-order valence-electron chi connectivity index (χ2n) is 11.2. The minimum atomic E-state index is -0.499. The third-order valence-corrected chi connectivity index (χ3v) is 7.74. The van der Waals surface area contributed by atoms with Gasteiger partial charge in [0.25, 0.3) is 5.91 Å². The number of nitrogens with zero attached hydrogens (tertiary/aromatic N) is 6. The third kappa shape index (κ3) is 6.15. The van der Waals surface area contributed by atoms with Crippen molar-refractivity contribution in [2.24, 2.45) is 7.05 Å². The highest BCUT2D eigenvalue weighted by Crippen LogP contribution is 2.31. The molecule has 1 amide bonds. The van der Waals surface area contributed by atoms with E-state index in [1.54, 1.807) is 36.3 Å². The number of piperazine rings is 1. The summed E-state index contributed by atoms with van der Waals surface area (Å²) < 4.78 is 27.6. The Kier molecular flexibility index (Phi) is 8.18. The van der Waals surface area contributed by atoms with Gasteiger partial charge >= 0.3 is 6.01 Å². The van der Waals surface area contributed by atoms with Crippen molar-refractivity contribution < 1.29 is 18.7 Å². The maximum absolute atomic E-state index is 14.7. The first-order valence-corrected chi connectivity index (χ1v) is 14.5. The molecule has 2 aromatic carbocycles. The highest BCUT2D eigenvalue weighted by molar-refractivity contribution is 6.14. The van der Waals surface area contributed by atoms with E-state index >= 15 is 0 Å². The first-order valence-electron chi connectivity index (χ1n) is 14.5. The highest BCUT2D eigenvalue weighted by Gasteiger charge is 2.25. The van der Waals surface area contributed by atoms with Gasteiger partial charge in [0.2, 0.25) is 0 Å². The molecule has 12 heteroatoms. The molecule has 2 aliphatic heterocycles. The number of morpholine rings is 1. The van der Waals surface area contributed by atoms with E-state index in [4.69, 9.17) is 14.5 Å². The molecule has 2 atom stereocenters. The van der Waals surface area contributed by atoms with Gasteiger partial charge in [0.1, 0.15) is 5.52 Å². The van der Waals surface area contributed by atoms with Crippen LogP contribution < -0.4 is 20.3 Å². The number of fused-ring (bicyclic) bond motifs is 2. The zero-order valence-electron chi connectivity index (χ0n) is 24.3. The number of aromatic nitrogens is 4. The van der Waals surface area contributed by atoms with Gasteiger partial charge in [0.15, 0.2) is 5.82 Å². The molecular formula is C30H37FN8O3. The number of aryl methyl sites for hydroxylation is 1. The normalized spacial score (nSPS) is 19.9. The van der Waals surface area contributed by atoms with Gasteiger partial charge in [-0.3, -0.25) is 14.4 Å². The van der Waals surface area contributed by atoms with Gasteiger partial charge in [0, 0.05) is 86.4 Å². The van der Waals surface area contributed by atoms with E-state index in [1.807, 2.05) is 6.07 Å². The summed E-state index contributed by atoms with van der Waals surface area (Å²) in [7, 11) is 1.73. The summed E-state index contributed by atoms with van der Waals surface area (Å²) in [5.41, 5.74) is 2.41. The molecule has 0 aliphatic carbocycles. The van der Waals surface area contributed by atoms with Crippen molar-refractivity contribution in [2.45, 2.75) is 32.4 Å². The van der Waals surface area contributed by atoms with E-state index in [9.17, 15) is 9.18 Å². The van der Waals surface area contributed by atoms with Crippen molar-refractivity contribution in [3.8, 4) is 6.01 Å². The number of nitrogens with one attached hydrogen (secondary N) is 2. The van der Waals surface area contributed by atoms with Gasteiger partial charge in [-0.2, -0.15) is 10.1 Å². The third-order valence-electron chi connectivity index (χ3n) is 7.74. The Balaban J connectivity index is 1.28. The lowest BCUT2D eigenvalue weighted by Gasteiger charge is -2.38. The summed E-state index contributed by atoms with van der Waals surface area (Å²) in [4.78, 5) is 27.5. The maximum atomic E-state index is 14.7. The van der Waals surface area contributed by atoms with E-state index in [0.29, 0.717) is 40.8 Å². The smallest absolute Gasteiger partial charge is 0.316 e. The highest BCUT2D eigenvalue weighted by atomic mass is 19.1. The molecule has 42 heavy (non-hydrogen) atoms. The molecule has 0 radical (unpaired) electrons. The Hall–Kier alpha value is -3.87. The number of ether oxygens (including phenoxy) is 2. The molecule has 0 spiro atoms. The molecule has 4 aromatic rings. The molecule has 2 saturated heterocycles. The van der Waals surface area contributed by atoms with Crippen LogP contribution in [0, 0.1) is 5.82 Å². The molecule has 2 aliphatic rings. The fourth-order valence-electron chi connectivity index (χ4n) is 5.90. The standard InChI is InChI=1S/C30H37FN8O3/c1-19-16-39(17-20(2)33-19)26-6-5-23(29(40)34-22-13-21-18-37(3)36-27(21)25(31)14-22)28-24(26)15-32-30(35-28)42-10-4-7-38-8-11-41-12-9-38/h5-6,13-15,18-20,33H,4,7-12,16-17H2,1-3H3,(H,34,40)/t19-,20+. The summed E-state index contributed by atoms with van der Waals surface area (Å²) in [5, 5.41) is 11.9. The lowest BCUT2D eigenvalue weighted by molar-refractivity contribution is 0.0356. The van der Waals surface area contributed by atoms with E-state index in [2.05, 4.69) is 44.4 Å². The summed E-state index contributed by atoms with van der Waals surface area (Å²) >= 11 is 0. The van der Waals surface area contributed by atoms with E-state index in [0.717, 1.165) is 63.4 Å². The molecule has 6 rings (SSSR count). The van der Waals surface area contributed by atoms with Crippen molar-refractivity contribution in [3.05, 3.63) is 48.0 Å². The monoisotopic (exact) mass is 576 g/mol. The molecule has 0 saturated carbocycles. The number of carbonyl (C=O) groups is 1. The van der Waals surface area contributed by atoms with Crippen molar-refractivity contribution in [3.63, 3.8) is 0 Å². The van der Waals surface area contributed by atoms with E-state index in [1.165, 1.54) is 6.07 Å². The van der Waals surface area contributed by atoms with Crippen LogP contribution in [0.25, 0.3) is 21.8 Å². The summed E-state index contributed by atoms with van der Waals surface area (Å²) in [6.45, 7) is 10.7. The molecule has 2 fully saturated rings. The Morgan fingerprint density at radius 3 is 2.74 bits per heavy atom. The van der Waals surface area contributed by atoms with Crippen molar-refractivity contribution in [2.75, 3.05) is 62.8 Å². The van der Waals surface area contributed by atoms with Crippen LogP contribution in [0.4, 0.5) is 15.8 Å². The second-order valence-corrected chi connectivity index (χ2v) is 11.2. The minimum Gasteiger partial charge on any atom is -0.463 e. The number of hydrogen-bond donors (Lipinski definition) is 2. The topological polar surface area (TPSA) is 110 Å². The van der Waals surface area contributed by atoms with Gasteiger partial charge in [-0.1, -0.05) is 0 Å². The minimum absolute atomic E-state index is 0.223. The van der Waals surface area contributed by atoms with Crippen LogP contribution in [0.3, 0.4) is 0 Å². The Morgan fingerprint density at radius 1 is 1.17 bits per heavy atom. The van der Waals surface area contributed by atoms with Crippen molar-refractivity contribution >= 4 is 39.1 Å². The average Bonchev–Trinajstić information content (AvgIpc) is 3.35. The van der Waals surface area contributed by atoms with Gasteiger partial charge in [0.05, 0.1) is 30.9 Å². The second kappa shape index (κ2) is 12.2. The average molecular weight is 577 g/mol. The van der Waals surface area contributed by atoms with Crippen LogP contribution in [0.15, 0.2) is 36.7 Å². The fourth-order valence-corrected chi connectivity index (χ4v) is 5.90. The first-order chi connectivity index (χ1) is 20.3. The summed E-state index contributed by atoms with van der Waals surface area (Å²) in [6, 6.07) is 7.54. The predicted molar refractivity (Wildman–Crippen MR) is 160 cm³/mol. The van der Waals surface area contributed by atoms with Crippen LogP contribution >= 0.6 is 0 Å². The van der Waals surface area contributed by atoms with Crippen LogP contribution in [0.2, 0.25) is 0 Å². The van der Waals surface area contributed by atoms with Gasteiger partial charge in [-0.25, -0.2) is 9.37 Å². The Labute approximate surface area is 244 Å². The first kappa shape index (κ1) is 28.3. The van der Waals surface area contributed by atoms with Crippen LogP contribution in [0.5, 0.6) is 6.01 Å². The number of halogens is 1. The Bertz CT molecular complexity index is 1580. The summed E-state index contributed by atoms with van der Waals surface area (Å²) in [6.07, 6.45) is 4.28. The number of anilines is 2. The SMILES string of the molecule is C[C@@H]1CN(c2ccc(C(=O)Nc3cc(F)c4nn(C)cc4c3)c3nc(OCCCN4CCOCC4)ncc23)C[C@H](C)N1. The predicted octanol–water partition coefficient (Wildman–Crippen LogP) is 3.20. The van der Waals surface area contributed by atoms with E-state index in [-0.39, 0.29) is 11.5 Å². The molecule has 11 nitrogen and oxygen atoms in total. The molecule has 222 valence electrons. The van der Waals surface area contributed by atoms with Gasteiger partial charge < -0.3 is 25.0 Å². The lowest BCUT2D eigenvalue weighted by Crippen LogP contribution is -2.54. The number of benzene rings is 2. The zero-order chi connectivity index (χ0) is 29.2. The molecule has 2 N–H and O–H groups in total. The summed E-state index contributed by atoms with van der Waals surface area (Å²) in [5.74, 6) is -0.895. The van der Waals surface area contributed by atoms with Crippen molar-refractivity contribution in [1.29, 1.82) is 0 Å². The number of carbonyl (C=O) groups excluding carboxylic acids is 1. The molecule has 2 aromatic heterocycles. The fraction of sp³-hybridized carbons (Fsp3) is 0.467. The van der Waals surface area contributed by atoms with Gasteiger partial charge in [-0.15, -0.1) is 0 Å². The number of rotatable bonds is 8. The molecule has 4 heterocycles. The molecular weight excluding hydrogens is 539 g/mol. The largest absolute Gasteiger partial charge is 0.463 e. The van der Waals surface area contributed by atoms with Gasteiger partial charge in [-0.05, 0) is 44.5 Å². The number of hydrogen-bond acceptors (Lipinski definition) is 9. The van der Waals surface area contributed by atoms with E-state index < -0.39 is 11.7 Å². The molecule has 0 unspecified atom stereocenters. The Morgan fingerprint density at radius 2 is 1.95 bits per heavy atom. The lowest BCUT2D eigenvalue weighted by atomic mass is 10.0. The zero-order valence-corrected chi connectivity index (χ0v) is 24.3. The quantitative estimate of drug-likeness (QED) is 0.306. The van der Waals surface area contributed by atoms with Crippen LogP contribution in [-0.2, 0) is 11.8 Å². The maximum Gasteiger partial charge on any atom is 0.316 e. The molecule has 0 bridgehead atoms. The number of amides is 1. The van der Waals surface area contributed by atoms with Crippen LogP contribution in [0.1, 0.15) is 30.6 Å². The van der Waals surface area contributed by atoms with Crippen LogP contribution in [-0.4, -0.2) is 95.2 Å². The van der Waals surface area contributed by atoms with Crippen molar-refractivity contribution in [1.82, 2.24) is 30.0 Å².